The number of nitrogens with zero attached hydrogens (tertiary/aromatic N) is 1. The zero-order chi connectivity index (χ0) is 12.5. The molecule has 0 bridgehead atoms. The standard InChI is InChI=1S/C11H14N2O3S/c12-11(14)13-7-6-10(8-13)17(15,16)9-4-2-1-3-5-9/h1-5,10H,6-8H2,(H2,12,14). The normalized spacial score (nSPS) is 20.5. The first-order valence-electron chi connectivity index (χ1n) is 5.35. The highest BCUT2D eigenvalue weighted by molar-refractivity contribution is 7.92. The van der Waals surface area contributed by atoms with Crippen molar-refractivity contribution in [3.05, 3.63) is 30.3 Å². The molecule has 1 atom stereocenters. The number of urea groups is 1. The molecule has 1 aliphatic heterocycles. The first-order chi connectivity index (χ1) is 8.01. The van der Waals surface area contributed by atoms with E-state index < -0.39 is 21.1 Å². The van der Waals surface area contributed by atoms with Gasteiger partial charge in [0.25, 0.3) is 0 Å². The van der Waals surface area contributed by atoms with Crippen molar-refractivity contribution in [3.8, 4) is 0 Å². The molecule has 2 amide bonds. The fraction of sp³-hybridized carbons (Fsp3) is 0.364. The lowest BCUT2D eigenvalue weighted by molar-refractivity contribution is 0.218. The molecule has 0 spiro atoms. The predicted molar refractivity (Wildman–Crippen MR) is 63.2 cm³/mol. The second-order valence-electron chi connectivity index (χ2n) is 4.05. The molecule has 0 aliphatic carbocycles. The van der Waals surface area contributed by atoms with Gasteiger partial charge in [0, 0.05) is 13.1 Å². The molecule has 0 aromatic heterocycles. The molecule has 0 saturated carbocycles. The van der Waals surface area contributed by atoms with Crippen molar-refractivity contribution in [2.24, 2.45) is 5.73 Å². The lowest BCUT2D eigenvalue weighted by atomic mass is 10.4. The highest BCUT2D eigenvalue weighted by atomic mass is 32.2. The number of carbonyl (C=O) groups excluding carboxylic acids is 1. The van der Waals surface area contributed by atoms with Crippen LogP contribution in [0, 0.1) is 0 Å². The molecule has 17 heavy (non-hydrogen) atoms. The maximum Gasteiger partial charge on any atom is 0.314 e. The summed E-state index contributed by atoms with van der Waals surface area (Å²) in [5.74, 6) is 0. The van der Waals surface area contributed by atoms with E-state index in [1.807, 2.05) is 0 Å². The fourth-order valence-electron chi connectivity index (χ4n) is 1.98. The van der Waals surface area contributed by atoms with Crippen LogP contribution in [0.3, 0.4) is 0 Å². The van der Waals surface area contributed by atoms with Gasteiger partial charge in [-0.2, -0.15) is 0 Å². The van der Waals surface area contributed by atoms with Gasteiger partial charge in [0.15, 0.2) is 9.84 Å². The van der Waals surface area contributed by atoms with E-state index in [1.165, 1.54) is 4.90 Å². The minimum absolute atomic E-state index is 0.187. The highest BCUT2D eigenvalue weighted by Crippen LogP contribution is 2.23. The smallest absolute Gasteiger partial charge is 0.314 e. The second kappa shape index (κ2) is 4.37. The third-order valence-electron chi connectivity index (χ3n) is 2.97. The number of rotatable bonds is 2. The van der Waals surface area contributed by atoms with Crippen LogP contribution in [0.15, 0.2) is 35.2 Å². The molecule has 1 aliphatic rings. The van der Waals surface area contributed by atoms with E-state index in [0.29, 0.717) is 17.9 Å². The molecule has 0 radical (unpaired) electrons. The summed E-state index contributed by atoms with van der Waals surface area (Å²) in [7, 11) is -3.35. The average molecular weight is 254 g/mol. The van der Waals surface area contributed by atoms with Gasteiger partial charge >= 0.3 is 6.03 Å². The third kappa shape index (κ3) is 2.26. The number of benzene rings is 1. The van der Waals surface area contributed by atoms with Crippen LogP contribution in [0.1, 0.15) is 6.42 Å². The quantitative estimate of drug-likeness (QED) is 0.839. The summed E-state index contributed by atoms with van der Waals surface area (Å²) in [4.78, 5) is 12.6. The van der Waals surface area contributed by atoms with Crippen LogP contribution in [0.25, 0.3) is 0 Å². The molecular weight excluding hydrogens is 240 g/mol. The lowest BCUT2D eigenvalue weighted by Gasteiger charge is -2.13. The summed E-state index contributed by atoms with van der Waals surface area (Å²) in [6.45, 7) is 0.596. The summed E-state index contributed by atoms with van der Waals surface area (Å²) in [6.07, 6.45) is 0.445. The maximum absolute atomic E-state index is 12.2. The number of hydrogen-bond acceptors (Lipinski definition) is 3. The molecular formula is C11H14N2O3S. The molecule has 1 unspecified atom stereocenters. The number of primary amides is 1. The van der Waals surface area contributed by atoms with Crippen molar-refractivity contribution < 1.29 is 13.2 Å². The molecule has 1 fully saturated rings. The van der Waals surface area contributed by atoms with Crippen molar-refractivity contribution in [1.29, 1.82) is 0 Å². The largest absolute Gasteiger partial charge is 0.351 e. The molecule has 2 N–H and O–H groups in total. The van der Waals surface area contributed by atoms with Crippen LogP contribution in [0.2, 0.25) is 0 Å². The van der Waals surface area contributed by atoms with E-state index in [-0.39, 0.29) is 6.54 Å². The maximum atomic E-state index is 12.2. The van der Waals surface area contributed by atoms with E-state index in [9.17, 15) is 13.2 Å². The van der Waals surface area contributed by atoms with Crippen molar-refractivity contribution in [3.63, 3.8) is 0 Å². The van der Waals surface area contributed by atoms with Crippen molar-refractivity contribution in [2.45, 2.75) is 16.6 Å². The number of sulfone groups is 1. The highest BCUT2D eigenvalue weighted by Gasteiger charge is 2.35. The topological polar surface area (TPSA) is 80.5 Å². The van der Waals surface area contributed by atoms with Crippen LogP contribution in [0.5, 0.6) is 0 Å². The molecule has 1 heterocycles. The lowest BCUT2D eigenvalue weighted by Crippen LogP contribution is -2.35. The summed E-state index contributed by atoms with van der Waals surface area (Å²) in [6, 6.07) is 7.73. The number of carbonyl (C=O) groups is 1. The van der Waals surface area contributed by atoms with Crippen LogP contribution in [-0.2, 0) is 9.84 Å². The Morgan fingerprint density at radius 1 is 1.29 bits per heavy atom. The van der Waals surface area contributed by atoms with Crippen molar-refractivity contribution in [1.82, 2.24) is 4.90 Å². The molecule has 6 heteroatoms. The van der Waals surface area contributed by atoms with E-state index in [2.05, 4.69) is 0 Å². The second-order valence-corrected chi connectivity index (χ2v) is 6.28. The van der Waals surface area contributed by atoms with Crippen LogP contribution in [-0.4, -0.2) is 37.7 Å². The van der Waals surface area contributed by atoms with Gasteiger partial charge < -0.3 is 10.6 Å². The number of nitrogens with two attached hydrogens (primary N) is 1. The monoisotopic (exact) mass is 254 g/mol. The van der Waals surface area contributed by atoms with Crippen molar-refractivity contribution in [2.75, 3.05) is 13.1 Å². The minimum Gasteiger partial charge on any atom is -0.351 e. The molecule has 2 rings (SSSR count). The minimum atomic E-state index is -3.35. The Balaban J connectivity index is 2.22. The Hall–Kier alpha value is -1.56. The van der Waals surface area contributed by atoms with Gasteiger partial charge in [-0.3, -0.25) is 0 Å². The fourth-order valence-corrected chi connectivity index (χ4v) is 3.70. The Bertz CT molecular complexity index is 513. The summed E-state index contributed by atoms with van der Waals surface area (Å²) in [5.41, 5.74) is 5.13. The van der Waals surface area contributed by atoms with E-state index in [1.54, 1.807) is 30.3 Å². The number of likely N-dealkylation sites (tertiary alicyclic amines) is 1. The third-order valence-corrected chi connectivity index (χ3v) is 5.16. The predicted octanol–water partition coefficient (Wildman–Crippen LogP) is 0.613. The number of hydrogen-bond donors (Lipinski definition) is 1. The molecule has 1 aromatic carbocycles. The van der Waals surface area contributed by atoms with Crippen LogP contribution >= 0.6 is 0 Å². The first-order valence-corrected chi connectivity index (χ1v) is 6.90. The van der Waals surface area contributed by atoms with Crippen molar-refractivity contribution >= 4 is 15.9 Å². The van der Waals surface area contributed by atoms with E-state index in [4.69, 9.17) is 5.73 Å². The van der Waals surface area contributed by atoms with Crippen LogP contribution < -0.4 is 5.73 Å². The van der Waals surface area contributed by atoms with Gasteiger partial charge in [-0.15, -0.1) is 0 Å². The Morgan fingerprint density at radius 2 is 1.94 bits per heavy atom. The summed E-state index contributed by atoms with van der Waals surface area (Å²) < 4.78 is 24.4. The summed E-state index contributed by atoms with van der Waals surface area (Å²) in [5, 5.41) is -0.544. The molecule has 1 saturated heterocycles. The molecule has 5 nitrogen and oxygen atoms in total. The van der Waals surface area contributed by atoms with Gasteiger partial charge in [-0.1, -0.05) is 18.2 Å². The Labute approximate surface area is 100 Å². The SMILES string of the molecule is NC(=O)N1CCC(S(=O)(=O)c2ccccc2)C1. The summed E-state index contributed by atoms with van der Waals surface area (Å²) >= 11 is 0. The number of amides is 2. The average Bonchev–Trinajstić information content (AvgIpc) is 2.80. The van der Waals surface area contributed by atoms with E-state index >= 15 is 0 Å². The molecule has 1 aromatic rings. The zero-order valence-electron chi connectivity index (χ0n) is 9.24. The Morgan fingerprint density at radius 3 is 2.47 bits per heavy atom. The molecule has 92 valence electrons. The van der Waals surface area contributed by atoms with E-state index in [0.717, 1.165) is 0 Å². The zero-order valence-corrected chi connectivity index (χ0v) is 10.1. The van der Waals surface area contributed by atoms with Crippen LogP contribution in [0.4, 0.5) is 4.79 Å². The van der Waals surface area contributed by atoms with Gasteiger partial charge in [-0.25, -0.2) is 13.2 Å². The first kappa shape index (κ1) is 11.9. The van der Waals surface area contributed by atoms with Gasteiger partial charge in [0.2, 0.25) is 0 Å². The van der Waals surface area contributed by atoms with Gasteiger partial charge in [0.1, 0.15) is 0 Å². The van der Waals surface area contributed by atoms with Gasteiger partial charge in [0.05, 0.1) is 10.1 Å². The Kier molecular flexibility index (Phi) is 3.06. The van der Waals surface area contributed by atoms with Gasteiger partial charge in [-0.05, 0) is 18.6 Å².